The molecule has 0 fully saturated rings. The normalized spacial score (nSPS) is 14.2. The van der Waals surface area contributed by atoms with Crippen molar-refractivity contribution in [1.82, 2.24) is 20.4 Å². The van der Waals surface area contributed by atoms with Crippen LogP contribution in [0.1, 0.15) is 38.3 Å². The number of amides is 3. The molecule has 0 radical (unpaired) electrons. The lowest BCUT2D eigenvalue weighted by Gasteiger charge is -2.11. The van der Waals surface area contributed by atoms with Gasteiger partial charge < -0.3 is 26.0 Å². The Hall–Kier alpha value is -5.60. The quantitative estimate of drug-likeness (QED) is 0.166. The van der Waals surface area contributed by atoms with Crippen molar-refractivity contribution in [3.05, 3.63) is 99.0 Å². The number of nitrogens with one attached hydrogen (secondary N) is 3. The van der Waals surface area contributed by atoms with Gasteiger partial charge in [-0.05, 0) is 48.6 Å². The first-order chi connectivity index (χ1) is 19.6. The van der Waals surface area contributed by atoms with Crippen LogP contribution in [-0.2, 0) is 9.59 Å². The van der Waals surface area contributed by atoms with Gasteiger partial charge in [0.2, 0.25) is 0 Å². The standard InChI is InChI=1S/C27H24N6O8/c1-28-22(34)20-18(24(36)32(30-20)16-10-6-14(7-11-16)26(38)39)4-3-5-19-21(23(35)29-2)31-33(25(19)37)17-12-8-15(9-13-17)27(40)41/h3-13,26,30,38-39H,1-2H3,(H,28,34)(H,29,35)(H,40,41)/b4-3+,19-5-. The van der Waals surface area contributed by atoms with E-state index >= 15 is 0 Å². The predicted octanol–water partition coefficient (Wildman–Crippen LogP) is 0.295. The minimum atomic E-state index is -1.70. The van der Waals surface area contributed by atoms with Gasteiger partial charge in [-0.3, -0.25) is 24.3 Å². The summed E-state index contributed by atoms with van der Waals surface area (Å²) in [6.45, 7) is 0. The lowest BCUT2D eigenvalue weighted by Crippen LogP contribution is -2.28. The van der Waals surface area contributed by atoms with E-state index in [2.05, 4.69) is 20.8 Å². The second kappa shape index (κ2) is 11.6. The number of carbonyl (C=O) groups excluding carboxylic acids is 3. The van der Waals surface area contributed by atoms with Crippen molar-refractivity contribution in [3.8, 4) is 5.69 Å². The minimum absolute atomic E-state index is 0.000565. The molecule has 0 saturated heterocycles. The monoisotopic (exact) mass is 560 g/mol. The van der Waals surface area contributed by atoms with Gasteiger partial charge in [0.15, 0.2) is 12.0 Å². The molecule has 3 aromatic rings. The number of carboxylic acid groups (broad SMARTS) is 1. The summed E-state index contributed by atoms with van der Waals surface area (Å²) in [6.07, 6.45) is 2.18. The van der Waals surface area contributed by atoms with Gasteiger partial charge in [-0.25, -0.2) is 9.48 Å². The van der Waals surface area contributed by atoms with Gasteiger partial charge in [-0.15, -0.1) is 0 Å². The van der Waals surface area contributed by atoms with Crippen molar-refractivity contribution >= 4 is 41.2 Å². The van der Waals surface area contributed by atoms with Crippen LogP contribution in [0, 0.1) is 0 Å². The summed E-state index contributed by atoms with van der Waals surface area (Å²) < 4.78 is 1.09. The van der Waals surface area contributed by atoms with Crippen LogP contribution in [0.4, 0.5) is 5.69 Å². The summed E-state index contributed by atoms with van der Waals surface area (Å²) in [7, 11) is 2.74. The summed E-state index contributed by atoms with van der Waals surface area (Å²) in [5.41, 5.74) is -0.348. The number of aromatic carboxylic acids is 1. The SMILES string of the molecule is CNC(=O)C1=NN(c2ccc(C(=O)O)cc2)C(=O)/C1=C\C=C\c1c(C(=O)NC)[nH]n(-c2ccc(C(O)O)cc2)c1=O. The van der Waals surface area contributed by atoms with Crippen LogP contribution in [0.3, 0.4) is 0 Å². The van der Waals surface area contributed by atoms with E-state index in [1.807, 2.05) is 0 Å². The first kappa shape index (κ1) is 28.4. The Morgan fingerprint density at radius 3 is 2.10 bits per heavy atom. The molecule has 210 valence electrons. The van der Waals surface area contributed by atoms with Crippen molar-refractivity contribution in [3.63, 3.8) is 0 Å². The molecular weight excluding hydrogens is 536 g/mol. The first-order valence-electron chi connectivity index (χ1n) is 12.0. The average Bonchev–Trinajstić information content (AvgIpc) is 3.48. The summed E-state index contributed by atoms with van der Waals surface area (Å²) in [4.78, 5) is 62.6. The molecule has 1 aliphatic heterocycles. The van der Waals surface area contributed by atoms with Crippen molar-refractivity contribution < 1.29 is 34.5 Å². The number of hydrogen-bond donors (Lipinski definition) is 6. The number of anilines is 1. The number of aromatic nitrogens is 2. The molecule has 0 saturated carbocycles. The largest absolute Gasteiger partial charge is 0.478 e. The molecule has 0 spiro atoms. The lowest BCUT2D eigenvalue weighted by atomic mass is 10.1. The Kier molecular flexibility index (Phi) is 8.07. The van der Waals surface area contributed by atoms with Crippen LogP contribution < -0.4 is 21.2 Å². The van der Waals surface area contributed by atoms with Gasteiger partial charge in [0, 0.05) is 19.7 Å². The van der Waals surface area contributed by atoms with Crippen LogP contribution in [0.15, 0.2) is 76.2 Å². The Morgan fingerprint density at radius 1 is 0.927 bits per heavy atom. The van der Waals surface area contributed by atoms with Gasteiger partial charge in [0.25, 0.3) is 23.3 Å². The number of H-pyrrole nitrogens is 1. The molecule has 2 aromatic carbocycles. The van der Waals surface area contributed by atoms with Crippen molar-refractivity contribution in [2.45, 2.75) is 6.29 Å². The van der Waals surface area contributed by atoms with Crippen LogP contribution in [-0.4, -0.2) is 68.6 Å². The molecule has 14 heteroatoms. The summed E-state index contributed by atoms with van der Waals surface area (Å²) >= 11 is 0. The van der Waals surface area contributed by atoms with Gasteiger partial charge >= 0.3 is 5.97 Å². The molecule has 1 aliphatic rings. The van der Waals surface area contributed by atoms with Gasteiger partial charge in [-0.2, -0.15) is 10.1 Å². The third-order valence-corrected chi connectivity index (χ3v) is 6.03. The molecule has 0 unspecified atom stereocenters. The molecule has 0 atom stereocenters. The number of carboxylic acids is 1. The van der Waals surface area contributed by atoms with E-state index < -0.39 is 35.5 Å². The molecular formula is C27H24N6O8. The minimum Gasteiger partial charge on any atom is -0.478 e. The number of benzene rings is 2. The number of nitrogens with zero attached hydrogens (tertiary/aromatic N) is 3. The Labute approximate surface area is 231 Å². The van der Waals surface area contributed by atoms with Crippen molar-refractivity contribution in [2.75, 3.05) is 19.1 Å². The summed E-state index contributed by atoms with van der Waals surface area (Å²) in [5.74, 6) is -3.09. The highest BCUT2D eigenvalue weighted by Crippen LogP contribution is 2.24. The Morgan fingerprint density at radius 2 is 1.54 bits per heavy atom. The average molecular weight is 561 g/mol. The topological polar surface area (TPSA) is 206 Å². The smallest absolute Gasteiger partial charge is 0.335 e. The van der Waals surface area contributed by atoms with Crippen LogP contribution in [0.5, 0.6) is 0 Å². The van der Waals surface area contributed by atoms with E-state index in [0.29, 0.717) is 5.69 Å². The maximum atomic E-state index is 13.2. The molecule has 6 N–H and O–H groups in total. The number of aliphatic hydroxyl groups excluding tert-OH is 1. The van der Waals surface area contributed by atoms with Gasteiger partial charge in [0.1, 0.15) is 5.69 Å². The molecule has 2 heterocycles. The number of hydrazone groups is 1. The molecule has 1 aromatic heterocycles. The second-order valence-electron chi connectivity index (χ2n) is 8.52. The lowest BCUT2D eigenvalue weighted by molar-refractivity contribution is -0.116. The maximum Gasteiger partial charge on any atom is 0.335 e. The highest BCUT2D eigenvalue weighted by atomic mass is 16.5. The second-order valence-corrected chi connectivity index (χ2v) is 8.52. The summed E-state index contributed by atoms with van der Waals surface area (Å²) in [6, 6.07) is 11.0. The van der Waals surface area contributed by atoms with Crippen LogP contribution in [0.2, 0.25) is 0 Å². The first-order valence-corrected chi connectivity index (χ1v) is 12.0. The van der Waals surface area contributed by atoms with Crippen LogP contribution >= 0.6 is 0 Å². The van der Waals surface area contributed by atoms with E-state index in [1.165, 1.54) is 80.9 Å². The van der Waals surface area contributed by atoms with E-state index in [9.17, 15) is 34.2 Å². The van der Waals surface area contributed by atoms with E-state index in [1.54, 1.807) is 0 Å². The third kappa shape index (κ3) is 5.59. The van der Waals surface area contributed by atoms with Gasteiger partial charge in [-0.1, -0.05) is 18.2 Å². The number of hydrogen-bond acceptors (Lipinski definition) is 8. The fourth-order valence-electron chi connectivity index (χ4n) is 3.89. The highest BCUT2D eigenvalue weighted by molar-refractivity contribution is 6.54. The van der Waals surface area contributed by atoms with Crippen molar-refractivity contribution in [1.29, 1.82) is 0 Å². The number of allylic oxidation sites excluding steroid dienone is 2. The Bertz CT molecular complexity index is 1680. The van der Waals surface area contributed by atoms with E-state index in [4.69, 9.17) is 5.11 Å². The number of aromatic amines is 1. The molecule has 3 amide bonds. The zero-order chi connectivity index (χ0) is 29.8. The van der Waals surface area contributed by atoms with E-state index in [0.717, 1.165) is 9.69 Å². The number of rotatable bonds is 8. The number of carbonyl (C=O) groups is 4. The van der Waals surface area contributed by atoms with E-state index in [-0.39, 0.29) is 39.4 Å². The predicted molar refractivity (Wildman–Crippen MR) is 146 cm³/mol. The van der Waals surface area contributed by atoms with Crippen molar-refractivity contribution in [2.24, 2.45) is 5.10 Å². The molecule has 0 bridgehead atoms. The molecule has 41 heavy (non-hydrogen) atoms. The number of aliphatic hydroxyl groups is 2. The highest BCUT2D eigenvalue weighted by Gasteiger charge is 2.34. The molecule has 4 rings (SSSR count). The fourth-order valence-corrected chi connectivity index (χ4v) is 3.89. The zero-order valence-electron chi connectivity index (χ0n) is 21.7. The van der Waals surface area contributed by atoms with Crippen LogP contribution in [0.25, 0.3) is 11.8 Å². The van der Waals surface area contributed by atoms with Gasteiger partial charge in [0.05, 0.1) is 28.1 Å². The zero-order valence-corrected chi connectivity index (χ0v) is 21.7. The Balaban J connectivity index is 1.71. The maximum absolute atomic E-state index is 13.2. The summed E-state index contributed by atoms with van der Waals surface area (Å²) in [5, 5.41) is 40.3. The fraction of sp³-hybridized carbons (Fsp3) is 0.111. The third-order valence-electron chi connectivity index (χ3n) is 6.03. The molecule has 14 nitrogen and oxygen atoms in total. The molecule has 0 aliphatic carbocycles.